The number of quaternary nitrogens is 1. The lowest BCUT2D eigenvalue weighted by Crippen LogP contribution is -2.50. The first-order valence-corrected chi connectivity index (χ1v) is 15.1. The fourth-order valence-electron chi connectivity index (χ4n) is 4.49. The maximum atomic E-state index is 8.52. The third-order valence-corrected chi connectivity index (χ3v) is 6.63. The molecular weight excluding hydrogens is 422 g/mol. The van der Waals surface area contributed by atoms with Crippen LogP contribution in [0.5, 0.6) is 0 Å². The Kier molecular flexibility index (Phi) is 25.5. The van der Waals surface area contributed by atoms with Crippen LogP contribution in [0.1, 0.15) is 145 Å². The first-order valence-electron chi connectivity index (χ1n) is 13.8. The summed E-state index contributed by atoms with van der Waals surface area (Å²) in [5, 5.41) is 0. The van der Waals surface area contributed by atoms with E-state index in [1.165, 1.54) is 146 Å². The first kappa shape index (κ1) is 34.0. The molecule has 0 heterocycles. The van der Waals surface area contributed by atoms with Crippen molar-refractivity contribution in [3.63, 3.8) is 0 Å². The Bertz CT molecular complexity index is 426. The number of hydrogen-bond acceptors (Lipinski definition) is 4. The lowest BCUT2D eigenvalue weighted by Gasteiger charge is -2.38. The van der Waals surface area contributed by atoms with Crippen molar-refractivity contribution in [3.8, 4) is 0 Å². The van der Waals surface area contributed by atoms with Crippen molar-refractivity contribution < 1.29 is 23.4 Å². The van der Waals surface area contributed by atoms with Gasteiger partial charge < -0.3 is 13.6 Å². The molecule has 6 heteroatoms. The van der Waals surface area contributed by atoms with Crippen molar-refractivity contribution in [1.29, 1.82) is 0 Å². The molecule has 0 aromatic carbocycles. The predicted octanol–water partition coefficient (Wildman–Crippen LogP) is 7.68. The van der Waals surface area contributed by atoms with Crippen LogP contribution in [0, 0.1) is 0 Å². The van der Waals surface area contributed by atoms with Crippen molar-refractivity contribution >= 4 is 10.4 Å². The molecule has 0 aliphatic heterocycles. The van der Waals surface area contributed by atoms with Gasteiger partial charge in [0.05, 0.1) is 26.2 Å². The van der Waals surface area contributed by atoms with Gasteiger partial charge in [-0.15, -0.1) is 0 Å². The van der Waals surface area contributed by atoms with E-state index in [0.717, 1.165) is 0 Å². The summed E-state index contributed by atoms with van der Waals surface area (Å²) in [5.74, 6) is 0. The first-order chi connectivity index (χ1) is 15.2. The van der Waals surface area contributed by atoms with Gasteiger partial charge in [0, 0.05) is 10.4 Å². The molecule has 0 aromatic heterocycles. The number of nitrogens with zero attached hydrogens (tertiary/aromatic N) is 1. The molecule has 0 aliphatic carbocycles. The van der Waals surface area contributed by atoms with Crippen LogP contribution < -0.4 is 0 Å². The number of unbranched alkanes of at least 4 members (excludes halogenated alkanes) is 15. The van der Waals surface area contributed by atoms with Crippen LogP contribution in [0.15, 0.2) is 0 Å². The van der Waals surface area contributed by atoms with Crippen molar-refractivity contribution in [1.82, 2.24) is 0 Å². The number of rotatable bonds is 22. The predicted molar refractivity (Wildman–Crippen MR) is 137 cm³/mol. The van der Waals surface area contributed by atoms with Crippen LogP contribution in [0.25, 0.3) is 0 Å². The second kappa shape index (κ2) is 24.0. The minimum Gasteiger partial charge on any atom is -0.759 e. The van der Waals surface area contributed by atoms with Gasteiger partial charge in [0.25, 0.3) is 0 Å². The van der Waals surface area contributed by atoms with Crippen molar-refractivity contribution in [2.45, 2.75) is 143 Å². The summed E-state index contributed by atoms with van der Waals surface area (Å²) in [5.41, 5.74) is 0. The Balaban J connectivity index is -0.00000134. The Morgan fingerprint density at radius 3 is 0.938 bits per heavy atom. The van der Waals surface area contributed by atoms with E-state index < -0.39 is 10.4 Å². The molecule has 5 nitrogen and oxygen atoms in total. The summed E-state index contributed by atoms with van der Waals surface area (Å²) in [6, 6.07) is 0. The molecule has 0 saturated heterocycles. The summed E-state index contributed by atoms with van der Waals surface area (Å²) in [7, 11) is -5.17. The van der Waals surface area contributed by atoms with E-state index in [9.17, 15) is 0 Å². The maximum absolute atomic E-state index is 8.52. The monoisotopic (exact) mass is 479 g/mol. The summed E-state index contributed by atoms with van der Waals surface area (Å²) in [4.78, 5) is 0. The van der Waals surface area contributed by atoms with Crippen LogP contribution in [-0.2, 0) is 10.4 Å². The van der Waals surface area contributed by atoms with Gasteiger partial charge in [-0.3, -0.25) is 8.42 Å². The molecule has 0 aromatic rings. The second-order valence-electron chi connectivity index (χ2n) is 9.54. The van der Waals surface area contributed by atoms with E-state index >= 15 is 0 Å². The van der Waals surface area contributed by atoms with Gasteiger partial charge in [0.1, 0.15) is 0 Å². The van der Waals surface area contributed by atoms with Gasteiger partial charge in [-0.05, 0) is 45.4 Å². The van der Waals surface area contributed by atoms with Gasteiger partial charge in [-0.1, -0.05) is 97.8 Å². The van der Waals surface area contributed by atoms with E-state index in [-0.39, 0.29) is 1.43 Å². The Labute approximate surface area is 203 Å². The molecule has 0 radical (unpaired) electrons. The molecule has 0 rings (SSSR count). The van der Waals surface area contributed by atoms with Gasteiger partial charge in [0.2, 0.25) is 0 Å². The molecule has 0 amide bonds. The highest BCUT2D eigenvalue weighted by Gasteiger charge is 2.23. The van der Waals surface area contributed by atoms with Crippen LogP contribution in [0.4, 0.5) is 0 Å². The Morgan fingerprint density at radius 2 is 0.719 bits per heavy atom. The molecule has 0 fully saturated rings. The molecule has 196 valence electrons. The average Bonchev–Trinajstić information content (AvgIpc) is 2.74. The third-order valence-electron chi connectivity index (χ3n) is 6.63. The molecule has 32 heavy (non-hydrogen) atoms. The molecule has 0 saturated carbocycles. The van der Waals surface area contributed by atoms with E-state index in [1.807, 2.05) is 0 Å². The van der Waals surface area contributed by atoms with E-state index in [0.29, 0.717) is 0 Å². The summed E-state index contributed by atoms with van der Waals surface area (Å²) < 4.78 is 35.5. The van der Waals surface area contributed by atoms with Crippen molar-refractivity contribution in [2.75, 3.05) is 26.2 Å². The third kappa shape index (κ3) is 27.9. The zero-order chi connectivity index (χ0) is 24.6. The summed E-state index contributed by atoms with van der Waals surface area (Å²) in [6.07, 6.45) is 25.9. The zero-order valence-electron chi connectivity index (χ0n) is 23.0. The highest BCUT2D eigenvalue weighted by Crippen LogP contribution is 2.18. The quantitative estimate of drug-likeness (QED) is 0.0690. The molecular formula is C26H57NO4S. The lowest BCUT2D eigenvalue weighted by atomic mass is 10.1. The van der Waals surface area contributed by atoms with Crippen LogP contribution in [-0.4, -0.2) is 48.2 Å². The molecule has 0 atom stereocenters. The van der Waals surface area contributed by atoms with Gasteiger partial charge in [-0.25, -0.2) is 0 Å². The van der Waals surface area contributed by atoms with Crippen molar-refractivity contribution in [2.24, 2.45) is 0 Å². The van der Waals surface area contributed by atoms with Crippen LogP contribution >= 0.6 is 0 Å². The lowest BCUT2D eigenvalue weighted by molar-refractivity contribution is -0.927. The maximum Gasteiger partial charge on any atom is 1.00 e. The normalized spacial score (nSPS) is 11.9. The minimum atomic E-state index is -5.17. The highest BCUT2D eigenvalue weighted by atomic mass is 32.3. The summed E-state index contributed by atoms with van der Waals surface area (Å²) in [6.45, 7) is 15.1. The highest BCUT2D eigenvalue weighted by molar-refractivity contribution is 7.79. The van der Waals surface area contributed by atoms with E-state index in [2.05, 4.69) is 27.7 Å². The fourth-order valence-corrected chi connectivity index (χ4v) is 4.49. The van der Waals surface area contributed by atoms with Crippen LogP contribution in [0.2, 0.25) is 0 Å². The van der Waals surface area contributed by atoms with Gasteiger partial charge in [-0.2, -0.15) is 0 Å². The molecule has 0 aliphatic rings. The smallest absolute Gasteiger partial charge is 0.759 e. The standard InChI is InChI=1S/C26H56N.H2O4S/c1-5-9-12-15-18-21-24-27(8-4,25-22-19-16-13-10-6-2)26-23-20-17-14-11-7-3;1-5(2,3)4/h5-26H2,1-4H3;(H2,1,2,3,4)/q+1;/p-1. The largest absolute Gasteiger partial charge is 1.00 e. The van der Waals surface area contributed by atoms with E-state index in [4.69, 9.17) is 17.5 Å². The zero-order valence-corrected chi connectivity index (χ0v) is 22.9. The van der Waals surface area contributed by atoms with Crippen molar-refractivity contribution in [3.05, 3.63) is 0 Å². The van der Waals surface area contributed by atoms with E-state index in [1.54, 1.807) is 0 Å². The minimum absolute atomic E-state index is 0. The summed E-state index contributed by atoms with van der Waals surface area (Å²) >= 11 is 0. The van der Waals surface area contributed by atoms with Gasteiger partial charge >= 0.3 is 1.43 Å². The molecule has 0 unspecified atom stereocenters. The molecule has 0 spiro atoms. The molecule has 0 N–H and O–H groups in total. The topological polar surface area (TPSA) is 80.3 Å². The number of hydrogen-bond donors (Lipinski definition) is 0. The average molecular weight is 480 g/mol. The SMILES string of the molecule is CCCCCCCC[N+](CC)(CCCCCCCC)CCCCCCCC.O=S(=O)([O-])[O-].[H+]. The second-order valence-corrected chi connectivity index (χ2v) is 10.4. The Morgan fingerprint density at radius 1 is 0.500 bits per heavy atom. The van der Waals surface area contributed by atoms with Gasteiger partial charge in [0.15, 0.2) is 0 Å². The fraction of sp³-hybridized carbons (Fsp3) is 1.00. The Hall–Kier alpha value is -0.170. The van der Waals surface area contributed by atoms with Crippen LogP contribution in [0.3, 0.4) is 0 Å². The molecule has 0 bridgehead atoms.